The van der Waals surface area contributed by atoms with Gasteiger partial charge in [0.15, 0.2) is 0 Å². The summed E-state index contributed by atoms with van der Waals surface area (Å²) in [5.74, 6) is -0.0713. The van der Waals surface area contributed by atoms with E-state index < -0.39 is 0 Å². The van der Waals surface area contributed by atoms with E-state index in [1.165, 1.54) is 0 Å². The molecule has 1 aromatic carbocycles. The fraction of sp³-hybridized carbons (Fsp3) is 0.480. The van der Waals surface area contributed by atoms with Crippen LogP contribution in [-0.4, -0.2) is 77.3 Å². The lowest BCUT2D eigenvalue weighted by Crippen LogP contribution is -2.51. The predicted molar refractivity (Wildman–Crippen MR) is 127 cm³/mol. The molecule has 0 saturated carbocycles. The molecule has 1 aromatic heterocycles. The third kappa shape index (κ3) is 5.82. The Morgan fingerprint density at radius 1 is 1.33 bits per heavy atom. The smallest absolute Gasteiger partial charge is 0.317 e. The standard InChI is InChI=1S/C25H34N4O4/c1-5-11-26-25(32)28(4)15-22-17(2)14-29(18(3)16-30)24(31)21-12-20(13-27-23(21)33-22)19-9-7-6-8-10-19/h6-10,12-13,17-18,22,30H,5,11,14-16H2,1-4H3,(H,26,32)/t17-,18-,22-/m0/s1. The molecule has 0 radical (unpaired) electrons. The van der Waals surface area contributed by atoms with Crippen molar-refractivity contribution in [1.82, 2.24) is 20.1 Å². The Labute approximate surface area is 195 Å². The molecule has 0 fully saturated rings. The molecule has 0 saturated heterocycles. The number of aliphatic hydroxyl groups is 1. The summed E-state index contributed by atoms with van der Waals surface area (Å²) < 4.78 is 6.25. The molecule has 1 aliphatic heterocycles. The summed E-state index contributed by atoms with van der Waals surface area (Å²) in [6.45, 7) is 6.99. The highest BCUT2D eigenvalue weighted by molar-refractivity contribution is 5.98. The minimum absolute atomic E-state index is 0.0897. The van der Waals surface area contributed by atoms with E-state index in [0.717, 1.165) is 17.5 Å². The third-order valence-corrected chi connectivity index (χ3v) is 5.95. The second-order valence-electron chi connectivity index (χ2n) is 8.68. The SMILES string of the molecule is CCCNC(=O)N(C)C[C@@H]1Oc2ncc(-c3ccccc3)cc2C(=O)N([C@@H](C)CO)C[C@@H]1C. The molecule has 1 aliphatic rings. The number of ether oxygens (including phenoxy) is 1. The lowest BCUT2D eigenvalue weighted by Gasteiger charge is -2.37. The number of nitrogens with one attached hydrogen (secondary N) is 1. The number of hydrogen-bond acceptors (Lipinski definition) is 5. The Morgan fingerprint density at radius 2 is 2.06 bits per heavy atom. The third-order valence-electron chi connectivity index (χ3n) is 5.95. The molecule has 33 heavy (non-hydrogen) atoms. The van der Waals surface area contributed by atoms with Crippen molar-refractivity contribution in [2.75, 3.05) is 33.3 Å². The number of rotatable bonds is 7. The molecular formula is C25H34N4O4. The van der Waals surface area contributed by atoms with Crippen LogP contribution < -0.4 is 10.1 Å². The van der Waals surface area contributed by atoms with Gasteiger partial charge in [-0.25, -0.2) is 9.78 Å². The number of benzene rings is 1. The maximum Gasteiger partial charge on any atom is 0.317 e. The quantitative estimate of drug-likeness (QED) is 0.671. The lowest BCUT2D eigenvalue weighted by molar-refractivity contribution is 0.0352. The van der Waals surface area contributed by atoms with E-state index in [1.807, 2.05) is 51.1 Å². The molecule has 2 heterocycles. The van der Waals surface area contributed by atoms with Gasteiger partial charge in [0.25, 0.3) is 5.91 Å². The Balaban J connectivity index is 1.96. The number of carbonyl (C=O) groups excluding carboxylic acids is 2. The largest absolute Gasteiger partial charge is 0.472 e. The average Bonchev–Trinajstić information content (AvgIpc) is 2.84. The van der Waals surface area contributed by atoms with Gasteiger partial charge in [0, 0.05) is 37.8 Å². The van der Waals surface area contributed by atoms with Crippen molar-refractivity contribution in [3.63, 3.8) is 0 Å². The van der Waals surface area contributed by atoms with Crippen LogP contribution in [0.3, 0.4) is 0 Å². The van der Waals surface area contributed by atoms with Gasteiger partial charge in [0.1, 0.15) is 11.7 Å². The summed E-state index contributed by atoms with van der Waals surface area (Å²) in [6, 6.07) is 11.0. The average molecular weight is 455 g/mol. The van der Waals surface area contributed by atoms with Crippen molar-refractivity contribution in [3.05, 3.63) is 48.2 Å². The molecule has 0 bridgehead atoms. The van der Waals surface area contributed by atoms with Crippen LogP contribution in [0.1, 0.15) is 37.6 Å². The van der Waals surface area contributed by atoms with Crippen molar-refractivity contribution in [1.29, 1.82) is 0 Å². The van der Waals surface area contributed by atoms with E-state index >= 15 is 0 Å². The molecule has 0 spiro atoms. The number of hydrogen-bond donors (Lipinski definition) is 2. The fourth-order valence-corrected chi connectivity index (χ4v) is 3.83. The van der Waals surface area contributed by atoms with E-state index in [2.05, 4.69) is 10.3 Å². The van der Waals surface area contributed by atoms with E-state index in [0.29, 0.717) is 25.2 Å². The van der Waals surface area contributed by atoms with E-state index in [4.69, 9.17) is 4.74 Å². The maximum absolute atomic E-state index is 13.5. The van der Waals surface area contributed by atoms with Gasteiger partial charge in [-0.3, -0.25) is 4.79 Å². The predicted octanol–water partition coefficient (Wildman–Crippen LogP) is 3.02. The molecule has 3 atom stereocenters. The monoisotopic (exact) mass is 454 g/mol. The summed E-state index contributed by atoms with van der Waals surface area (Å²) in [6.07, 6.45) is 2.17. The van der Waals surface area contributed by atoms with Crippen LogP contribution in [0.5, 0.6) is 5.88 Å². The van der Waals surface area contributed by atoms with Gasteiger partial charge < -0.3 is 25.0 Å². The second kappa shape index (κ2) is 11.1. The fourth-order valence-electron chi connectivity index (χ4n) is 3.83. The summed E-state index contributed by atoms with van der Waals surface area (Å²) in [5.41, 5.74) is 2.11. The van der Waals surface area contributed by atoms with Crippen LogP contribution in [0.15, 0.2) is 42.6 Å². The first-order valence-corrected chi connectivity index (χ1v) is 11.5. The minimum atomic E-state index is -0.377. The normalized spacial score (nSPS) is 19.1. The highest BCUT2D eigenvalue weighted by Crippen LogP contribution is 2.30. The van der Waals surface area contributed by atoms with Gasteiger partial charge in [-0.2, -0.15) is 0 Å². The number of urea groups is 1. The highest BCUT2D eigenvalue weighted by atomic mass is 16.5. The Bertz CT molecular complexity index is 953. The van der Waals surface area contributed by atoms with Gasteiger partial charge in [-0.1, -0.05) is 44.2 Å². The first-order valence-electron chi connectivity index (χ1n) is 11.5. The summed E-state index contributed by atoms with van der Waals surface area (Å²) in [7, 11) is 1.73. The van der Waals surface area contributed by atoms with Crippen molar-refractivity contribution in [2.24, 2.45) is 5.92 Å². The molecule has 2 N–H and O–H groups in total. The van der Waals surface area contributed by atoms with Crippen LogP contribution >= 0.6 is 0 Å². The molecule has 178 valence electrons. The molecule has 2 aromatic rings. The zero-order valence-electron chi connectivity index (χ0n) is 19.8. The van der Waals surface area contributed by atoms with E-state index in [1.54, 1.807) is 29.1 Å². The molecule has 3 rings (SSSR count). The Hall–Kier alpha value is -3.13. The number of pyridine rings is 1. The number of likely N-dealkylation sites (N-methyl/N-ethyl adjacent to an activating group) is 1. The first kappa shape index (κ1) is 24.5. The maximum atomic E-state index is 13.5. The number of nitrogens with zero attached hydrogens (tertiary/aromatic N) is 3. The van der Waals surface area contributed by atoms with Crippen molar-refractivity contribution in [2.45, 2.75) is 39.3 Å². The zero-order valence-corrected chi connectivity index (χ0v) is 19.8. The second-order valence-corrected chi connectivity index (χ2v) is 8.68. The van der Waals surface area contributed by atoms with Gasteiger partial charge in [0.2, 0.25) is 5.88 Å². The molecule has 8 heteroatoms. The molecule has 3 amide bonds. The van der Waals surface area contributed by atoms with E-state index in [9.17, 15) is 14.7 Å². The highest BCUT2D eigenvalue weighted by Gasteiger charge is 2.34. The molecule has 0 aliphatic carbocycles. The number of carbonyl (C=O) groups is 2. The minimum Gasteiger partial charge on any atom is -0.472 e. The van der Waals surface area contributed by atoms with Gasteiger partial charge in [-0.05, 0) is 25.0 Å². The summed E-state index contributed by atoms with van der Waals surface area (Å²) in [5, 5.41) is 12.7. The lowest BCUT2D eigenvalue weighted by atomic mass is 9.99. The number of amides is 3. The molecule has 0 unspecified atom stereocenters. The van der Waals surface area contributed by atoms with Gasteiger partial charge >= 0.3 is 6.03 Å². The van der Waals surface area contributed by atoms with Crippen molar-refractivity contribution >= 4 is 11.9 Å². The van der Waals surface area contributed by atoms with Gasteiger partial charge in [0.05, 0.1) is 19.2 Å². The number of aliphatic hydroxyl groups excluding tert-OH is 1. The summed E-state index contributed by atoms with van der Waals surface area (Å²) in [4.78, 5) is 33.7. The topological polar surface area (TPSA) is 95.0 Å². The zero-order chi connectivity index (χ0) is 24.0. The van der Waals surface area contributed by atoms with Crippen LogP contribution in [0, 0.1) is 5.92 Å². The molecule has 8 nitrogen and oxygen atoms in total. The number of aromatic nitrogens is 1. The van der Waals surface area contributed by atoms with Crippen molar-refractivity contribution < 1.29 is 19.4 Å². The Morgan fingerprint density at radius 3 is 2.73 bits per heavy atom. The van der Waals surface area contributed by atoms with Gasteiger partial charge in [-0.15, -0.1) is 0 Å². The summed E-state index contributed by atoms with van der Waals surface area (Å²) >= 11 is 0. The van der Waals surface area contributed by atoms with Crippen LogP contribution in [0.4, 0.5) is 4.79 Å². The van der Waals surface area contributed by atoms with Crippen molar-refractivity contribution in [3.8, 4) is 17.0 Å². The number of fused-ring (bicyclic) bond motifs is 1. The molecular weight excluding hydrogens is 420 g/mol. The van der Waals surface area contributed by atoms with Crippen LogP contribution in [0.25, 0.3) is 11.1 Å². The van der Waals surface area contributed by atoms with Crippen LogP contribution in [-0.2, 0) is 0 Å². The van der Waals surface area contributed by atoms with Crippen LogP contribution in [0.2, 0.25) is 0 Å². The Kier molecular flexibility index (Phi) is 8.27. The van der Waals surface area contributed by atoms with E-state index in [-0.39, 0.29) is 42.5 Å². The first-order chi connectivity index (χ1) is 15.8.